The van der Waals surface area contributed by atoms with Crippen molar-refractivity contribution in [3.8, 4) is 0 Å². The molecular weight excluding hydrogens is 276 g/mol. The number of hydrogen-bond acceptors (Lipinski definition) is 3. The molecule has 1 saturated heterocycles. The van der Waals surface area contributed by atoms with Gasteiger partial charge in [-0.3, -0.25) is 4.79 Å². The van der Waals surface area contributed by atoms with E-state index in [9.17, 15) is 4.79 Å². The highest BCUT2D eigenvalue weighted by Gasteiger charge is 2.12. The van der Waals surface area contributed by atoms with Crippen molar-refractivity contribution in [2.24, 2.45) is 0 Å². The smallest absolute Gasteiger partial charge is 0.251 e. The van der Waals surface area contributed by atoms with Crippen molar-refractivity contribution in [1.82, 2.24) is 5.32 Å². The molecule has 0 aromatic heterocycles. The minimum absolute atomic E-state index is 0.0441. The fraction of sp³-hybridized carbons (Fsp3) is 0.278. The van der Waals surface area contributed by atoms with E-state index in [0.29, 0.717) is 12.1 Å². The maximum absolute atomic E-state index is 12.2. The maximum Gasteiger partial charge on any atom is 0.251 e. The summed E-state index contributed by atoms with van der Waals surface area (Å²) < 4.78 is 5.35. The van der Waals surface area contributed by atoms with E-state index in [1.807, 2.05) is 54.6 Å². The number of nitrogens with zero attached hydrogens (tertiary/aromatic N) is 1. The predicted molar refractivity (Wildman–Crippen MR) is 87.1 cm³/mol. The number of hydrogen-bond donors (Lipinski definition) is 1. The lowest BCUT2D eigenvalue weighted by atomic mass is 10.1. The van der Waals surface area contributed by atoms with Gasteiger partial charge in [-0.1, -0.05) is 30.3 Å². The van der Waals surface area contributed by atoms with Crippen LogP contribution in [-0.2, 0) is 11.3 Å². The van der Waals surface area contributed by atoms with Crippen LogP contribution in [0, 0.1) is 0 Å². The van der Waals surface area contributed by atoms with Crippen molar-refractivity contribution in [1.29, 1.82) is 0 Å². The molecule has 1 N–H and O–H groups in total. The molecule has 3 rings (SSSR count). The third kappa shape index (κ3) is 3.65. The summed E-state index contributed by atoms with van der Waals surface area (Å²) in [7, 11) is 0. The van der Waals surface area contributed by atoms with Crippen molar-refractivity contribution in [3.63, 3.8) is 0 Å². The number of carbonyl (C=O) groups excluding carboxylic acids is 1. The molecule has 0 unspecified atom stereocenters. The van der Waals surface area contributed by atoms with Gasteiger partial charge < -0.3 is 15.0 Å². The molecule has 2 aromatic carbocycles. The van der Waals surface area contributed by atoms with Crippen molar-refractivity contribution in [3.05, 3.63) is 65.7 Å². The summed E-state index contributed by atoms with van der Waals surface area (Å²) in [6.45, 7) is 3.88. The minimum Gasteiger partial charge on any atom is -0.378 e. The molecular formula is C18H20N2O2. The molecule has 0 saturated carbocycles. The van der Waals surface area contributed by atoms with Gasteiger partial charge >= 0.3 is 0 Å². The molecule has 0 aliphatic carbocycles. The third-order valence-corrected chi connectivity index (χ3v) is 3.80. The Labute approximate surface area is 130 Å². The monoisotopic (exact) mass is 296 g/mol. The second kappa shape index (κ2) is 7.09. The summed E-state index contributed by atoms with van der Waals surface area (Å²) in [5.41, 5.74) is 2.93. The highest BCUT2D eigenvalue weighted by atomic mass is 16.5. The zero-order valence-corrected chi connectivity index (χ0v) is 12.5. The Balaban J connectivity index is 1.58. The Bertz CT molecular complexity index is 605. The Morgan fingerprint density at radius 3 is 2.36 bits per heavy atom. The summed E-state index contributed by atoms with van der Waals surface area (Å²) in [4.78, 5) is 14.4. The van der Waals surface area contributed by atoms with Crippen molar-refractivity contribution in [2.75, 3.05) is 31.2 Å². The van der Waals surface area contributed by atoms with Gasteiger partial charge in [0.25, 0.3) is 5.91 Å². The number of benzene rings is 2. The van der Waals surface area contributed by atoms with Crippen LogP contribution in [0.25, 0.3) is 0 Å². The molecule has 114 valence electrons. The third-order valence-electron chi connectivity index (χ3n) is 3.80. The van der Waals surface area contributed by atoms with E-state index in [0.717, 1.165) is 37.6 Å². The van der Waals surface area contributed by atoms with Gasteiger partial charge in [0.2, 0.25) is 0 Å². The molecule has 1 amide bonds. The second-order valence-corrected chi connectivity index (χ2v) is 5.31. The Morgan fingerprint density at radius 1 is 1.00 bits per heavy atom. The summed E-state index contributed by atoms with van der Waals surface area (Å²) in [6, 6.07) is 17.7. The summed E-state index contributed by atoms with van der Waals surface area (Å²) in [5.74, 6) is -0.0441. The van der Waals surface area contributed by atoms with Crippen molar-refractivity contribution in [2.45, 2.75) is 6.54 Å². The summed E-state index contributed by atoms with van der Waals surface area (Å²) >= 11 is 0. The first kappa shape index (κ1) is 14.6. The number of carbonyl (C=O) groups is 1. The zero-order valence-electron chi connectivity index (χ0n) is 12.5. The molecule has 4 nitrogen and oxygen atoms in total. The average Bonchev–Trinajstić information content (AvgIpc) is 2.61. The van der Waals surface area contributed by atoms with Crippen LogP contribution >= 0.6 is 0 Å². The van der Waals surface area contributed by atoms with E-state index in [2.05, 4.69) is 10.2 Å². The number of nitrogens with one attached hydrogen (secondary N) is 1. The number of rotatable bonds is 4. The Morgan fingerprint density at radius 2 is 1.68 bits per heavy atom. The lowest BCUT2D eigenvalue weighted by molar-refractivity contribution is 0.0951. The number of anilines is 1. The van der Waals surface area contributed by atoms with E-state index in [1.54, 1.807) is 0 Å². The molecule has 0 atom stereocenters. The maximum atomic E-state index is 12.2. The van der Waals surface area contributed by atoms with E-state index in [-0.39, 0.29) is 5.91 Å². The van der Waals surface area contributed by atoms with Gasteiger partial charge in [0.15, 0.2) is 0 Å². The molecule has 2 aromatic rings. The zero-order chi connectivity index (χ0) is 15.2. The van der Waals surface area contributed by atoms with Gasteiger partial charge in [0, 0.05) is 30.9 Å². The topological polar surface area (TPSA) is 41.6 Å². The lowest BCUT2D eigenvalue weighted by Gasteiger charge is -2.28. The quantitative estimate of drug-likeness (QED) is 0.942. The molecule has 0 bridgehead atoms. The molecule has 0 radical (unpaired) electrons. The van der Waals surface area contributed by atoms with Crippen LogP contribution in [0.2, 0.25) is 0 Å². The van der Waals surface area contributed by atoms with Crippen LogP contribution in [0.15, 0.2) is 54.6 Å². The molecule has 1 fully saturated rings. The number of amides is 1. The van der Waals surface area contributed by atoms with Gasteiger partial charge in [-0.05, 0) is 29.8 Å². The van der Waals surface area contributed by atoms with Gasteiger partial charge in [0.05, 0.1) is 13.2 Å². The fourth-order valence-corrected chi connectivity index (χ4v) is 2.53. The highest BCUT2D eigenvalue weighted by molar-refractivity contribution is 5.94. The van der Waals surface area contributed by atoms with Gasteiger partial charge in [-0.25, -0.2) is 0 Å². The van der Waals surface area contributed by atoms with Crippen LogP contribution in [0.3, 0.4) is 0 Å². The SMILES string of the molecule is O=C(NCc1ccccc1)c1ccc(N2CCOCC2)cc1. The molecule has 1 aliphatic heterocycles. The van der Waals surface area contributed by atoms with Crippen LogP contribution in [0.4, 0.5) is 5.69 Å². The normalized spacial score (nSPS) is 14.6. The second-order valence-electron chi connectivity index (χ2n) is 5.31. The molecule has 4 heteroatoms. The largest absolute Gasteiger partial charge is 0.378 e. The van der Waals surface area contributed by atoms with Crippen LogP contribution < -0.4 is 10.2 Å². The van der Waals surface area contributed by atoms with Crippen molar-refractivity contribution >= 4 is 11.6 Å². The van der Waals surface area contributed by atoms with Crippen molar-refractivity contribution < 1.29 is 9.53 Å². The van der Waals surface area contributed by atoms with Crippen LogP contribution in [0.1, 0.15) is 15.9 Å². The van der Waals surface area contributed by atoms with Gasteiger partial charge in [-0.2, -0.15) is 0 Å². The lowest BCUT2D eigenvalue weighted by Crippen LogP contribution is -2.36. The Hall–Kier alpha value is -2.33. The summed E-state index contributed by atoms with van der Waals surface area (Å²) in [6.07, 6.45) is 0. The molecule has 1 heterocycles. The molecule has 1 aliphatic rings. The van der Waals surface area contributed by atoms with Crippen LogP contribution in [0.5, 0.6) is 0 Å². The number of morpholine rings is 1. The first-order valence-electron chi connectivity index (χ1n) is 7.58. The predicted octanol–water partition coefficient (Wildman–Crippen LogP) is 2.45. The molecule has 0 spiro atoms. The summed E-state index contributed by atoms with van der Waals surface area (Å²) in [5, 5.41) is 2.94. The van der Waals surface area contributed by atoms with Gasteiger partial charge in [-0.15, -0.1) is 0 Å². The number of ether oxygens (including phenoxy) is 1. The average molecular weight is 296 g/mol. The highest BCUT2D eigenvalue weighted by Crippen LogP contribution is 2.16. The standard InChI is InChI=1S/C18H20N2O2/c21-18(19-14-15-4-2-1-3-5-15)16-6-8-17(9-7-16)20-10-12-22-13-11-20/h1-9H,10-14H2,(H,19,21). The first-order valence-corrected chi connectivity index (χ1v) is 7.58. The van der Waals surface area contributed by atoms with E-state index in [4.69, 9.17) is 4.74 Å². The van der Waals surface area contributed by atoms with Crippen LogP contribution in [-0.4, -0.2) is 32.2 Å². The fourth-order valence-electron chi connectivity index (χ4n) is 2.53. The van der Waals surface area contributed by atoms with E-state index < -0.39 is 0 Å². The molecule has 22 heavy (non-hydrogen) atoms. The first-order chi connectivity index (χ1) is 10.8. The van der Waals surface area contributed by atoms with E-state index >= 15 is 0 Å². The Kier molecular flexibility index (Phi) is 4.71. The van der Waals surface area contributed by atoms with Gasteiger partial charge in [0.1, 0.15) is 0 Å². The van der Waals surface area contributed by atoms with E-state index in [1.165, 1.54) is 0 Å². The minimum atomic E-state index is -0.0441.